The molecule has 0 atom stereocenters. The summed E-state index contributed by atoms with van der Waals surface area (Å²) in [6, 6.07) is 15.5. The smallest absolute Gasteiger partial charge is 0.267 e. The zero-order chi connectivity index (χ0) is 21.8. The molecule has 1 fully saturated rings. The van der Waals surface area contributed by atoms with E-state index in [4.69, 9.17) is 27.6 Å². The number of nitrogens with zero attached hydrogens (tertiary/aromatic N) is 3. The minimum Gasteiger partial charge on any atom is -0.507 e. The highest BCUT2D eigenvalue weighted by molar-refractivity contribution is 8.18. The van der Waals surface area contributed by atoms with Crippen molar-refractivity contribution in [3.63, 3.8) is 0 Å². The summed E-state index contributed by atoms with van der Waals surface area (Å²) < 4.78 is 5.38. The van der Waals surface area contributed by atoms with Gasteiger partial charge < -0.3 is 9.52 Å². The molecule has 0 aliphatic carbocycles. The van der Waals surface area contributed by atoms with E-state index in [-0.39, 0.29) is 18.2 Å². The lowest BCUT2D eigenvalue weighted by Crippen LogP contribution is -2.28. The monoisotopic (exact) mass is 471 g/mol. The Kier molecular flexibility index (Phi) is 6.46. The number of rotatable bonds is 5. The Hall–Kier alpha value is -3.00. The van der Waals surface area contributed by atoms with Crippen LogP contribution in [-0.2, 0) is 11.3 Å². The predicted molar refractivity (Wildman–Crippen MR) is 124 cm³/mol. The van der Waals surface area contributed by atoms with Crippen LogP contribution in [0.4, 0.5) is 0 Å². The van der Waals surface area contributed by atoms with Gasteiger partial charge in [0.2, 0.25) is 0 Å². The molecule has 1 N–H and O–H groups in total. The van der Waals surface area contributed by atoms with E-state index in [0.717, 1.165) is 0 Å². The van der Waals surface area contributed by atoms with Gasteiger partial charge in [-0.1, -0.05) is 47.5 Å². The van der Waals surface area contributed by atoms with Gasteiger partial charge >= 0.3 is 0 Å². The standard InChI is InChI=1S/C22H15Cl2N3O3S/c23-17-8-3-6-14(20(17)24)11-19-21(29)27(13-16-7-4-10-30-16)22(31-19)26-25-12-15-5-1-2-9-18(15)28/h1-12,28H,13H2/b19-11-,25-12+,26-22-. The van der Waals surface area contributed by atoms with Crippen LogP contribution in [-0.4, -0.2) is 27.3 Å². The highest BCUT2D eigenvalue weighted by Gasteiger charge is 2.34. The molecule has 0 unspecified atom stereocenters. The van der Waals surface area contributed by atoms with Crippen molar-refractivity contribution >= 4 is 58.3 Å². The summed E-state index contributed by atoms with van der Waals surface area (Å²) in [5, 5.41) is 19.3. The number of hydrogen-bond acceptors (Lipinski definition) is 6. The SMILES string of the molecule is O=C1/C(=C/c2cccc(Cl)c2Cl)S/C(=N\N=C\c2ccccc2O)N1Cc1ccco1. The van der Waals surface area contributed by atoms with Gasteiger partial charge in [0, 0.05) is 5.56 Å². The molecule has 1 aliphatic heterocycles. The first kappa shape index (κ1) is 21.2. The van der Waals surface area contributed by atoms with Crippen LogP contribution in [0.15, 0.2) is 80.4 Å². The van der Waals surface area contributed by atoms with Crippen LogP contribution >= 0.6 is 35.0 Å². The van der Waals surface area contributed by atoms with E-state index in [0.29, 0.717) is 37.0 Å². The fourth-order valence-corrected chi connectivity index (χ4v) is 4.08. The maximum Gasteiger partial charge on any atom is 0.267 e. The molecular weight excluding hydrogens is 457 g/mol. The van der Waals surface area contributed by atoms with Gasteiger partial charge in [0.25, 0.3) is 5.91 Å². The molecule has 1 saturated heterocycles. The number of hydrogen-bond donors (Lipinski definition) is 1. The summed E-state index contributed by atoms with van der Waals surface area (Å²) in [4.78, 5) is 15.0. The van der Waals surface area contributed by atoms with Crippen LogP contribution in [0.2, 0.25) is 10.0 Å². The molecule has 4 rings (SSSR count). The van der Waals surface area contributed by atoms with Crippen molar-refractivity contribution < 1.29 is 14.3 Å². The second-order valence-electron chi connectivity index (χ2n) is 6.41. The minimum atomic E-state index is -0.256. The quantitative estimate of drug-likeness (QED) is 0.289. The number of aromatic hydroxyl groups is 1. The third kappa shape index (κ3) is 4.85. The van der Waals surface area contributed by atoms with Crippen molar-refractivity contribution in [2.45, 2.75) is 6.54 Å². The van der Waals surface area contributed by atoms with E-state index >= 15 is 0 Å². The molecule has 0 radical (unpaired) electrons. The Bertz CT molecular complexity index is 1210. The molecular formula is C22H15Cl2N3O3S. The fraction of sp³-hybridized carbons (Fsp3) is 0.0455. The van der Waals surface area contributed by atoms with Crippen LogP contribution in [0.1, 0.15) is 16.9 Å². The van der Waals surface area contributed by atoms with Crippen LogP contribution < -0.4 is 0 Å². The number of thioether (sulfide) groups is 1. The van der Waals surface area contributed by atoms with E-state index in [9.17, 15) is 9.90 Å². The maximum absolute atomic E-state index is 13.1. The van der Waals surface area contributed by atoms with Crippen molar-refractivity contribution in [2.75, 3.05) is 0 Å². The number of halogens is 2. The Morgan fingerprint density at radius 1 is 1.06 bits per heavy atom. The molecule has 0 saturated carbocycles. The average molecular weight is 472 g/mol. The van der Waals surface area contributed by atoms with Gasteiger partial charge in [-0.15, -0.1) is 5.10 Å². The zero-order valence-corrected chi connectivity index (χ0v) is 18.2. The summed E-state index contributed by atoms with van der Waals surface area (Å²) in [6.07, 6.45) is 4.64. The highest BCUT2D eigenvalue weighted by Crippen LogP contribution is 2.36. The number of para-hydroxylation sites is 1. The number of benzene rings is 2. The summed E-state index contributed by atoms with van der Waals surface area (Å²) in [5.74, 6) is 0.438. The predicted octanol–water partition coefficient (Wildman–Crippen LogP) is 5.80. The van der Waals surface area contributed by atoms with Crippen LogP contribution in [0.3, 0.4) is 0 Å². The maximum atomic E-state index is 13.1. The van der Waals surface area contributed by atoms with Gasteiger partial charge in [-0.2, -0.15) is 5.10 Å². The first-order valence-corrected chi connectivity index (χ1v) is 10.7. The first-order chi connectivity index (χ1) is 15.0. The van der Waals surface area contributed by atoms with Crippen molar-refractivity contribution in [1.29, 1.82) is 0 Å². The molecule has 0 bridgehead atoms. The third-order valence-corrected chi connectivity index (χ3v) is 6.16. The molecule has 1 amide bonds. The molecule has 6 nitrogen and oxygen atoms in total. The largest absolute Gasteiger partial charge is 0.507 e. The van der Waals surface area contributed by atoms with Gasteiger partial charge in [0.05, 0.1) is 34.0 Å². The van der Waals surface area contributed by atoms with Gasteiger partial charge in [-0.3, -0.25) is 9.69 Å². The number of carbonyl (C=O) groups excluding carboxylic acids is 1. The topological polar surface area (TPSA) is 78.4 Å². The van der Waals surface area contributed by atoms with Crippen LogP contribution in [0.5, 0.6) is 5.75 Å². The highest BCUT2D eigenvalue weighted by atomic mass is 35.5. The molecule has 31 heavy (non-hydrogen) atoms. The number of amides is 1. The number of phenols is 1. The molecule has 2 heterocycles. The van der Waals surface area contributed by atoms with E-state index in [2.05, 4.69) is 10.2 Å². The van der Waals surface area contributed by atoms with Crippen molar-refractivity contribution in [1.82, 2.24) is 4.90 Å². The number of amidine groups is 1. The Morgan fingerprint density at radius 2 is 1.87 bits per heavy atom. The molecule has 1 aliphatic rings. The normalized spacial score (nSPS) is 16.8. The molecule has 2 aromatic carbocycles. The molecule has 9 heteroatoms. The lowest BCUT2D eigenvalue weighted by molar-refractivity contribution is -0.122. The lowest BCUT2D eigenvalue weighted by atomic mass is 10.2. The summed E-state index contributed by atoms with van der Waals surface area (Å²) in [6.45, 7) is 0.199. The van der Waals surface area contributed by atoms with Gasteiger partial charge in [0.1, 0.15) is 11.5 Å². The first-order valence-electron chi connectivity index (χ1n) is 9.10. The average Bonchev–Trinajstić information content (AvgIpc) is 3.37. The molecule has 1 aromatic heterocycles. The number of phenolic OH excluding ortho intramolecular Hbond substituents is 1. The van der Waals surface area contributed by atoms with Crippen molar-refractivity contribution in [3.8, 4) is 5.75 Å². The van der Waals surface area contributed by atoms with E-state index in [1.54, 1.807) is 66.9 Å². The Balaban J connectivity index is 1.66. The second kappa shape index (κ2) is 9.43. The van der Waals surface area contributed by atoms with Gasteiger partial charge in [0.15, 0.2) is 5.17 Å². The van der Waals surface area contributed by atoms with Gasteiger partial charge in [-0.05, 0) is 53.7 Å². The molecule has 3 aromatic rings. The Labute approximate surface area is 192 Å². The summed E-state index contributed by atoms with van der Waals surface area (Å²) in [7, 11) is 0. The second-order valence-corrected chi connectivity index (χ2v) is 8.20. The summed E-state index contributed by atoms with van der Waals surface area (Å²) >= 11 is 13.5. The lowest BCUT2D eigenvalue weighted by Gasteiger charge is -2.12. The summed E-state index contributed by atoms with van der Waals surface area (Å²) in [5.41, 5.74) is 1.14. The molecule has 0 spiro atoms. The number of carbonyl (C=O) groups is 1. The fourth-order valence-electron chi connectivity index (χ4n) is 2.79. The number of furan rings is 1. The van der Waals surface area contributed by atoms with E-state index in [1.165, 1.54) is 22.9 Å². The Morgan fingerprint density at radius 3 is 2.65 bits per heavy atom. The van der Waals surface area contributed by atoms with Gasteiger partial charge in [-0.25, -0.2) is 0 Å². The van der Waals surface area contributed by atoms with Crippen LogP contribution in [0.25, 0.3) is 6.08 Å². The van der Waals surface area contributed by atoms with E-state index < -0.39 is 0 Å². The van der Waals surface area contributed by atoms with Crippen molar-refractivity contribution in [2.24, 2.45) is 10.2 Å². The zero-order valence-electron chi connectivity index (χ0n) is 15.9. The van der Waals surface area contributed by atoms with Crippen molar-refractivity contribution in [3.05, 3.63) is 92.7 Å². The van der Waals surface area contributed by atoms with Crippen LogP contribution in [0, 0.1) is 0 Å². The molecule has 156 valence electrons. The third-order valence-electron chi connectivity index (χ3n) is 4.33. The minimum absolute atomic E-state index is 0.0882. The van der Waals surface area contributed by atoms with E-state index in [1.807, 2.05) is 0 Å².